The van der Waals surface area contributed by atoms with E-state index in [2.05, 4.69) is 11.6 Å². The molecule has 17 heavy (non-hydrogen) atoms. The predicted molar refractivity (Wildman–Crippen MR) is 70.7 cm³/mol. The van der Waals surface area contributed by atoms with Crippen molar-refractivity contribution in [2.24, 2.45) is 0 Å². The van der Waals surface area contributed by atoms with Crippen LogP contribution in [0.15, 0.2) is 23.3 Å². The quantitative estimate of drug-likeness (QED) is 0.763. The van der Waals surface area contributed by atoms with Crippen LogP contribution >= 0.6 is 11.3 Å². The molecule has 3 nitrogen and oxygen atoms in total. The zero-order chi connectivity index (χ0) is 12.0. The molecule has 4 heteroatoms. The number of aryl methyl sites for hydroxylation is 2. The number of nitrogens with zero attached hydrogens (tertiary/aromatic N) is 2. The average molecular weight is 246 g/mol. The fourth-order valence-electron chi connectivity index (χ4n) is 2.42. The number of hydrogen-bond acceptors (Lipinski definition) is 3. The highest BCUT2D eigenvalue weighted by molar-refractivity contribution is 7.18. The maximum Gasteiger partial charge on any atom is 0.262 e. The lowest BCUT2D eigenvalue weighted by Crippen LogP contribution is -2.21. The molecule has 1 aliphatic carbocycles. The molecular weight excluding hydrogens is 232 g/mol. The van der Waals surface area contributed by atoms with Crippen molar-refractivity contribution in [1.29, 1.82) is 0 Å². The largest absolute Gasteiger partial charge is 0.295 e. The second-order valence-corrected chi connectivity index (χ2v) is 5.76. The highest BCUT2D eigenvalue weighted by Crippen LogP contribution is 2.34. The van der Waals surface area contributed by atoms with E-state index in [0.29, 0.717) is 6.54 Å². The fourth-order valence-corrected chi connectivity index (χ4v) is 3.64. The Kier molecular flexibility index (Phi) is 2.40. The van der Waals surface area contributed by atoms with Gasteiger partial charge in [0.05, 0.1) is 11.7 Å². The fraction of sp³-hybridized carbons (Fsp3) is 0.385. The molecule has 0 aromatic carbocycles. The Labute approximate surface area is 103 Å². The van der Waals surface area contributed by atoms with E-state index in [-0.39, 0.29) is 5.56 Å². The molecule has 0 spiro atoms. The van der Waals surface area contributed by atoms with Gasteiger partial charge >= 0.3 is 0 Å². The third-order valence-corrected chi connectivity index (χ3v) is 4.33. The summed E-state index contributed by atoms with van der Waals surface area (Å²) in [6, 6.07) is 0. The van der Waals surface area contributed by atoms with Crippen LogP contribution in [0.5, 0.6) is 0 Å². The number of allylic oxidation sites excluding steroid dienone is 1. The van der Waals surface area contributed by atoms with Gasteiger partial charge in [0.2, 0.25) is 0 Å². The molecule has 0 radical (unpaired) electrons. The Morgan fingerprint density at radius 2 is 2.41 bits per heavy atom. The van der Waals surface area contributed by atoms with Crippen LogP contribution < -0.4 is 5.56 Å². The summed E-state index contributed by atoms with van der Waals surface area (Å²) < 4.78 is 1.66. The molecule has 0 saturated heterocycles. The first-order valence-electron chi connectivity index (χ1n) is 5.81. The number of thiophene rings is 1. The summed E-state index contributed by atoms with van der Waals surface area (Å²) in [5.74, 6) is 0. The maximum atomic E-state index is 12.4. The highest BCUT2D eigenvalue weighted by Gasteiger charge is 2.21. The first kappa shape index (κ1) is 10.7. The lowest BCUT2D eigenvalue weighted by molar-refractivity contribution is 0.738. The molecule has 0 atom stereocenters. The maximum absolute atomic E-state index is 12.4. The van der Waals surface area contributed by atoms with Crippen LogP contribution in [0.4, 0.5) is 0 Å². The van der Waals surface area contributed by atoms with E-state index in [0.717, 1.165) is 28.6 Å². The molecule has 2 heterocycles. The molecule has 0 aliphatic heterocycles. The number of fused-ring (bicyclic) bond motifs is 3. The van der Waals surface area contributed by atoms with Crippen LogP contribution in [0, 0.1) is 0 Å². The summed E-state index contributed by atoms with van der Waals surface area (Å²) in [7, 11) is 0. The molecule has 0 fully saturated rings. The Morgan fingerprint density at radius 1 is 1.59 bits per heavy atom. The summed E-state index contributed by atoms with van der Waals surface area (Å²) in [5.41, 5.74) is 2.32. The van der Waals surface area contributed by atoms with E-state index in [1.165, 1.54) is 16.9 Å². The van der Waals surface area contributed by atoms with E-state index >= 15 is 0 Å². The van der Waals surface area contributed by atoms with Crippen molar-refractivity contribution in [2.75, 3.05) is 0 Å². The van der Waals surface area contributed by atoms with Gasteiger partial charge < -0.3 is 0 Å². The molecule has 88 valence electrons. The predicted octanol–water partition coefficient (Wildman–Crippen LogP) is 2.52. The zero-order valence-electron chi connectivity index (χ0n) is 9.82. The van der Waals surface area contributed by atoms with Gasteiger partial charge in [-0.25, -0.2) is 4.98 Å². The van der Waals surface area contributed by atoms with Crippen LogP contribution in [0.1, 0.15) is 23.8 Å². The van der Waals surface area contributed by atoms with Crippen LogP contribution in [-0.4, -0.2) is 9.55 Å². The Balaban J connectivity index is 2.26. The minimum atomic E-state index is 0.0948. The van der Waals surface area contributed by atoms with E-state index in [4.69, 9.17) is 0 Å². The van der Waals surface area contributed by atoms with Gasteiger partial charge in [-0.15, -0.1) is 11.3 Å². The monoisotopic (exact) mass is 246 g/mol. The normalized spacial score (nSPS) is 14.2. The molecule has 3 rings (SSSR count). The summed E-state index contributed by atoms with van der Waals surface area (Å²) in [6.07, 6.45) is 4.95. The van der Waals surface area contributed by atoms with Crippen LogP contribution in [-0.2, 0) is 19.4 Å². The van der Waals surface area contributed by atoms with Gasteiger partial charge in [-0.2, -0.15) is 0 Å². The van der Waals surface area contributed by atoms with Gasteiger partial charge in [0.1, 0.15) is 4.83 Å². The number of rotatable bonds is 2. The van der Waals surface area contributed by atoms with Crippen molar-refractivity contribution in [2.45, 2.75) is 32.7 Å². The van der Waals surface area contributed by atoms with E-state index in [1.54, 1.807) is 22.2 Å². The minimum absolute atomic E-state index is 0.0948. The molecular formula is C13H14N2OS. The SMILES string of the molecule is C=C(C)Cn1cnc2sc3c(c2c1=O)CCC3. The standard InChI is InChI=1S/C13H14N2OS/c1-8(2)6-15-7-14-12-11(13(15)16)9-4-3-5-10(9)17-12/h7H,1,3-6H2,2H3. The molecule has 2 aromatic heterocycles. The van der Waals surface area contributed by atoms with Gasteiger partial charge in [0, 0.05) is 11.4 Å². The lowest BCUT2D eigenvalue weighted by Gasteiger charge is -2.04. The third-order valence-electron chi connectivity index (χ3n) is 3.13. The van der Waals surface area contributed by atoms with Crippen molar-refractivity contribution >= 4 is 21.6 Å². The summed E-state index contributed by atoms with van der Waals surface area (Å²) >= 11 is 1.68. The molecule has 2 aromatic rings. The lowest BCUT2D eigenvalue weighted by atomic mass is 10.2. The topological polar surface area (TPSA) is 34.9 Å². The van der Waals surface area contributed by atoms with Crippen LogP contribution in [0.25, 0.3) is 10.2 Å². The van der Waals surface area contributed by atoms with E-state index in [9.17, 15) is 4.79 Å². The molecule has 0 N–H and O–H groups in total. The number of hydrogen-bond donors (Lipinski definition) is 0. The summed E-state index contributed by atoms with van der Waals surface area (Å²) in [5, 5.41) is 0.853. The molecule has 0 saturated carbocycles. The summed E-state index contributed by atoms with van der Waals surface area (Å²) in [4.78, 5) is 19.0. The molecule has 0 bridgehead atoms. The number of aromatic nitrogens is 2. The van der Waals surface area contributed by atoms with Crippen LogP contribution in [0.3, 0.4) is 0 Å². The smallest absolute Gasteiger partial charge is 0.262 e. The van der Waals surface area contributed by atoms with Gasteiger partial charge in [-0.3, -0.25) is 9.36 Å². The van der Waals surface area contributed by atoms with Gasteiger partial charge in [0.25, 0.3) is 5.56 Å². The minimum Gasteiger partial charge on any atom is -0.295 e. The van der Waals surface area contributed by atoms with E-state index in [1.807, 2.05) is 6.92 Å². The Bertz CT molecular complexity index is 666. The van der Waals surface area contributed by atoms with Gasteiger partial charge in [-0.1, -0.05) is 12.2 Å². The Morgan fingerprint density at radius 3 is 3.18 bits per heavy atom. The van der Waals surface area contributed by atoms with Crippen molar-refractivity contribution in [3.8, 4) is 0 Å². The third kappa shape index (κ3) is 1.63. The Hall–Kier alpha value is -1.42. The second-order valence-electron chi connectivity index (χ2n) is 4.67. The van der Waals surface area contributed by atoms with E-state index < -0.39 is 0 Å². The zero-order valence-corrected chi connectivity index (χ0v) is 10.6. The van der Waals surface area contributed by atoms with Crippen molar-refractivity contribution < 1.29 is 0 Å². The highest BCUT2D eigenvalue weighted by atomic mass is 32.1. The van der Waals surface area contributed by atoms with Crippen molar-refractivity contribution in [3.05, 3.63) is 39.3 Å². The average Bonchev–Trinajstić information content (AvgIpc) is 2.80. The summed E-state index contributed by atoms with van der Waals surface area (Å²) in [6.45, 7) is 6.33. The van der Waals surface area contributed by atoms with Crippen LogP contribution in [0.2, 0.25) is 0 Å². The van der Waals surface area contributed by atoms with Gasteiger partial charge in [-0.05, 0) is 31.7 Å². The van der Waals surface area contributed by atoms with Crippen molar-refractivity contribution in [3.63, 3.8) is 0 Å². The first-order valence-corrected chi connectivity index (χ1v) is 6.62. The first-order chi connectivity index (χ1) is 8.16. The second kappa shape index (κ2) is 3.81. The molecule has 1 aliphatic rings. The van der Waals surface area contributed by atoms with Crippen molar-refractivity contribution in [1.82, 2.24) is 9.55 Å². The molecule has 0 unspecified atom stereocenters. The molecule has 0 amide bonds. The van der Waals surface area contributed by atoms with Gasteiger partial charge in [0.15, 0.2) is 0 Å².